The summed E-state index contributed by atoms with van der Waals surface area (Å²) in [6, 6.07) is 3.96. The Bertz CT molecular complexity index is 703. The summed E-state index contributed by atoms with van der Waals surface area (Å²) in [6.07, 6.45) is 0.880. The molecule has 5 nitrogen and oxygen atoms in total. The Balaban J connectivity index is 1.99. The fourth-order valence-corrected chi connectivity index (χ4v) is 2.46. The SMILES string of the molecule is [B]c1c(C)c(Nc2nc(C)cc(NC)n2)cc2c1OCC2. The molecule has 0 atom stereocenters. The molecule has 1 aliphatic heterocycles. The third kappa shape index (κ3) is 2.53. The molecule has 0 fully saturated rings. The minimum absolute atomic E-state index is 0.556. The van der Waals surface area contributed by atoms with Crippen molar-refractivity contribution < 1.29 is 4.74 Å². The van der Waals surface area contributed by atoms with Gasteiger partial charge in [-0.3, -0.25) is 0 Å². The lowest BCUT2D eigenvalue weighted by atomic mass is 9.87. The Kier molecular flexibility index (Phi) is 3.45. The lowest BCUT2D eigenvalue weighted by Crippen LogP contribution is -2.14. The Morgan fingerprint density at radius 2 is 2.05 bits per heavy atom. The molecule has 2 heterocycles. The molecule has 3 rings (SSSR count). The van der Waals surface area contributed by atoms with Crippen LogP contribution in [0.4, 0.5) is 17.5 Å². The second-order valence-electron chi connectivity index (χ2n) is 5.14. The Morgan fingerprint density at radius 3 is 2.81 bits per heavy atom. The van der Waals surface area contributed by atoms with Crippen molar-refractivity contribution in [3.8, 4) is 5.75 Å². The molecule has 2 N–H and O–H groups in total. The van der Waals surface area contributed by atoms with Crippen molar-refractivity contribution in [1.29, 1.82) is 0 Å². The number of benzene rings is 1. The second-order valence-corrected chi connectivity index (χ2v) is 5.14. The van der Waals surface area contributed by atoms with E-state index >= 15 is 0 Å². The standard InChI is InChI=1S/C15H17BN4O/c1-8-6-12(17-3)20-15(18-8)19-11-7-10-4-5-21-14(10)13(16)9(11)2/h6-7H,4-5H2,1-3H3,(H2,17,18,19,20). The highest BCUT2D eigenvalue weighted by Crippen LogP contribution is 2.29. The van der Waals surface area contributed by atoms with Gasteiger partial charge in [-0.2, -0.15) is 4.98 Å². The molecule has 0 saturated heterocycles. The van der Waals surface area contributed by atoms with Gasteiger partial charge in [0.1, 0.15) is 19.4 Å². The first-order valence-corrected chi connectivity index (χ1v) is 6.93. The van der Waals surface area contributed by atoms with Gasteiger partial charge in [0.05, 0.1) is 6.61 Å². The van der Waals surface area contributed by atoms with Gasteiger partial charge in [-0.15, -0.1) is 0 Å². The van der Waals surface area contributed by atoms with Crippen LogP contribution in [0.3, 0.4) is 0 Å². The van der Waals surface area contributed by atoms with Gasteiger partial charge in [0.25, 0.3) is 0 Å². The van der Waals surface area contributed by atoms with Crippen LogP contribution in [0.1, 0.15) is 16.8 Å². The summed E-state index contributed by atoms with van der Waals surface area (Å²) >= 11 is 0. The number of ether oxygens (including phenoxy) is 1. The number of rotatable bonds is 3. The molecule has 1 aromatic carbocycles. The van der Waals surface area contributed by atoms with E-state index in [1.807, 2.05) is 27.0 Å². The van der Waals surface area contributed by atoms with Crippen molar-refractivity contribution >= 4 is 30.8 Å². The summed E-state index contributed by atoms with van der Waals surface area (Å²) in [5.41, 5.74) is 4.58. The van der Waals surface area contributed by atoms with Crippen LogP contribution in [0.15, 0.2) is 12.1 Å². The van der Waals surface area contributed by atoms with E-state index in [0.29, 0.717) is 18.0 Å². The number of nitrogens with zero attached hydrogens (tertiary/aromatic N) is 2. The van der Waals surface area contributed by atoms with Crippen LogP contribution in [-0.2, 0) is 6.42 Å². The first-order chi connectivity index (χ1) is 10.1. The van der Waals surface area contributed by atoms with Gasteiger partial charge in [0, 0.05) is 30.9 Å². The van der Waals surface area contributed by atoms with Gasteiger partial charge in [0.2, 0.25) is 5.95 Å². The van der Waals surface area contributed by atoms with Crippen LogP contribution < -0.4 is 20.8 Å². The predicted molar refractivity (Wildman–Crippen MR) is 85.4 cm³/mol. The van der Waals surface area contributed by atoms with E-state index in [2.05, 4.69) is 26.7 Å². The molecule has 2 aromatic rings. The first kappa shape index (κ1) is 13.7. The molecule has 6 heteroatoms. The fourth-order valence-electron chi connectivity index (χ4n) is 2.46. The molecule has 0 amide bonds. The van der Waals surface area contributed by atoms with E-state index in [4.69, 9.17) is 12.6 Å². The number of hydrogen-bond acceptors (Lipinski definition) is 5. The van der Waals surface area contributed by atoms with Crippen molar-refractivity contribution in [2.45, 2.75) is 20.3 Å². The van der Waals surface area contributed by atoms with E-state index in [0.717, 1.165) is 40.5 Å². The molecule has 0 bridgehead atoms. The highest BCUT2D eigenvalue weighted by molar-refractivity contribution is 6.36. The Hall–Kier alpha value is -2.24. The first-order valence-electron chi connectivity index (χ1n) is 6.93. The zero-order chi connectivity index (χ0) is 15.0. The van der Waals surface area contributed by atoms with Crippen molar-refractivity contribution in [2.24, 2.45) is 0 Å². The summed E-state index contributed by atoms with van der Waals surface area (Å²) in [6.45, 7) is 4.59. The number of anilines is 3. The smallest absolute Gasteiger partial charge is 0.229 e. The molecule has 2 radical (unpaired) electrons. The maximum absolute atomic E-state index is 6.16. The van der Waals surface area contributed by atoms with Crippen LogP contribution in [0.25, 0.3) is 0 Å². The average molecular weight is 280 g/mol. The molecular weight excluding hydrogens is 263 g/mol. The molecule has 0 spiro atoms. The predicted octanol–water partition coefficient (Wildman–Crippen LogP) is 1.61. The quantitative estimate of drug-likeness (QED) is 0.836. The van der Waals surface area contributed by atoms with E-state index in [9.17, 15) is 0 Å². The zero-order valence-corrected chi connectivity index (χ0v) is 12.4. The lowest BCUT2D eigenvalue weighted by molar-refractivity contribution is 0.359. The van der Waals surface area contributed by atoms with Gasteiger partial charge >= 0.3 is 0 Å². The van der Waals surface area contributed by atoms with Gasteiger partial charge in [-0.05, 0) is 31.0 Å². The van der Waals surface area contributed by atoms with E-state index in [1.165, 1.54) is 0 Å². The molecule has 0 aliphatic carbocycles. The minimum Gasteiger partial charge on any atom is -0.494 e. The topological polar surface area (TPSA) is 59.1 Å². The third-order valence-electron chi connectivity index (χ3n) is 3.64. The van der Waals surface area contributed by atoms with Gasteiger partial charge < -0.3 is 15.4 Å². The van der Waals surface area contributed by atoms with Crippen LogP contribution in [-0.4, -0.2) is 31.5 Å². The molecule has 21 heavy (non-hydrogen) atoms. The fraction of sp³-hybridized carbons (Fsp3) is 0.333. The lowest BCUT2D eigenvalue weighted by Gasteiger charge is -2.15. The van der Waals surface area contributed by atoms with Gasteiger partial charge in [-0.1, -0.05) is 5.46 Å². The largest absolute Gasteiger partial charge is 0.494 e. The van der Waals surface area contributed by atoms with Crippen LogP contribution >= 0.6 is 0 Å². The highest BCUT2D eigenvalue weighted by Gasteiger charge is 2.18. The van der Waals surface area contributed by atoms with Crippen LogP contribution in [0.5, 0.6) is 5.75 Å². The van der Waals surface area contributed by atoms with Crippen molar-refractivity contribution in [1.82, 2.24) is 9.97 Å². The minimum atomic E-state index is 0.556. The zero-order valence-electron chi connectivity index (χ0n) is 12.4. The molecule has 106 valence electrons. The van der Waals surface area contributed by atoms with Gasteiger partial charge in [-0.25, -0.2) is 4.98 Å². The third-order valence-corrected chi connectivity index (χ3v) is 3.64. The van der Waals surface area contributed by atoms with Crippen LogP contribution in [0.2, 0.25) is 0 Å². The van der Waals surface area contributed by atoms with Crippen molar-refractivity contribution in [2.75, 3.05) is 24.3 Å². The monoisotopic (exact) mass is 280 g/mol. The second kappa shape index (κ2) is 5.28. The Morgan fingerprint density at radius 1 is 1.24 bits per heavy atom. The van der Waals surface area contributed by atoms with E-state index in [-0.39, 0.29) is 0 Å². The molecule has 0 unspecified atom stereocenters. The molecule has 0 saturated carbocycles. The number of aromatic nitrogens is 2. The summed E-state index contributed by atoms with van der Waals surface area (Å²) in [5.74, 6) is 2.15. The normalized spacial score (nSPS) is 12.7. The van der Waals surface area contributed by atoms with E-state index < -0.39 is 0 Å². The molecule has 1 aromatic heterocycles. The summed E-state index contributed by atoms with van der Waals surface area (Å²) in [5, 5.41) is 6.29. The van der Waals surface area contributed by atoms with Gasteiger partial charge in [0.15, 0.2) is 0 Å². The number of aryl methyl sites for hydroxylation is 1. The Labute approximate surface area is 125 Å². The number of nitrogens with one attached hydrogen (secondary N) is 2. The summed E-state index contributed by atoms with van der Waals surface area (Å²) < 4.78 is 5.58. The number of hydrogen-bond donors (Lipinski definition) is 2. The summed E-state index contributed by atoms with van der Waals surface area (Å²) in [4.78, 5) is 8.81. The molecule has 1 aliphatic rings. The van der Waals surface area contributed by atoms with Crippen LogP contribution in [0, 0.1) is 13.8 Å². The van der Waals surface area contributed by atoms with Crippen molar-refractivity contribution in [3.63, 3.8) is 0 Å². The maximum atomic E-state index is 6.16. The summed E-state index contributed by atoms with van der Waals surface area (Å²) in [7, 11) is 7.99. The molecular formula is C15H17BN4O. The van der Waals surface area contributed by atoms with E-state index in [1.54, 1.807) is 0 Å². The maximum Gasteiger partial charge on any atom is 0.229 e. The average Bonchev–Trinajstić information content (AvgIpc) is 2.92. The number of fused-ring (bicyclic) bond motifs is 1. The van der Waals surface area contributed by atoms with Crippen molar-refractivity contribution in [3.05, 3.63) is 29.0 Å². The highest BCUT2D eigenvalue weighted by atomic mass is 16.5.